The summed E-state index contributed by atoms with van der Waals surface area (Å²) in [6.07, 6.45) is 4.54. The molecule has 5 rings (SSSR count). The van der Waals surface area contributed by atoms with Crippen molar-refractivity contribution >= 4 is 0 Å². The van der Waals surface area contributed by atoms with Crippen LogP contribution in [0.2, 0.25) is 0 Å². The van der Waals surface area contributed by atoms with Crippen LogP contribution in [0.1, 0.15) is 32.3 Å². The molecule has 0 bridgehead atoms. The highest BCUT2D eigenvalue weighted by Crippen LogP contribution is 2.34. The van der Waals surface area contributed by atoms with Gasteiger partial charge in [0.15, 0.2) is 29.0 Å². The molecule has 2 aromatic heterocycles. The first-order valence-electron chi connectivity index (χ1n) is 12.1. The molecule has 35 heavy (non-hydrogen) atoms. The van der Waals surface area contributed by atoms with Gasteiger partial charge >= 0.3 is 0 Å². The second-order valence-electron chi connectivity index (χ2n) is 9.23. The summed E-state index contributed by atoms with van der Waals surface area (Å²) in [5, 5.41) is 9.41. The third-order valence-electron chi connectivity index (χ3n) is 6.13. The van der Waals surface area contributed by atoms with Crippen LogP contribution in [-0.4, -0.2) is 55.7 Å². The SMILES string of the molecule is COc1cc(-c2nc(-c3ccc(CN4CCCC4)cc3)nn2-c2ccn(C)n2)ccc1OC(C)C. The Morgan fingerprint density at radius 2 is 1.66 bits per heavy atom. The molecule has 1 aliphatic rings. The molecule has 0 N–H and O–H groups in total. The van der Waals surface area contributed by atoms with Crippen molar-refractivity contribution in [2.75, 3.05) is 20.2 Å². The molecular formula is C27H32N6O2. The molecule has 0 amide bonds. The van der Waals surface area contributed by atoms with Crippen molar-refractivity contribution in [3.8, 4) is 40.1 Å². The first kappa shape index (κ1) is 23.1. The standard InChI is InChI=1S/C27H32N6O2/c1-19(2)35-23-12-11-22(17-24(23)34-4)27-28-26(30-33(27)25-13-16-31(3)29-25)21-9-7-20(8-10-21)18-32-14-5-6-15-32/h7-13,16-17,19H,5-6,14-15,18H2,1-4H3. The summed E-state index contributed by atoms with van der Waals surface area (Å²) in [7, 11) is 3.53. The van der Waals surface area contributed by atoms with Crippen molar-refractivity contribution in [3.05, 3.63) is 60.3 Å². The molecule has 8 heteroatoms. The number of benzene rings is 2. The van der Waals surface area contributed by atoms with Crippen LogP contribution in [0.25, 0.3) is 28.6 Å². The first-order chi connectivity index (χ1) is 17.0. The number of aryl methyl sites for hydroxylation is 1. The van der Waals surface area contributed by atoms with E-state index in [0.717, 1.165) is 17.7 Å². The van der Waals surface area contributed by atoms with Crippen LogP contribution in [0.4, 0.5) is 0 Å². The lowest BCUT2D eigenvalue weighted by Crippen LogP contribution is -2.18. The number of hydrogen-bond acceptors (Lipinski definition) is 6. The number of ether oxygens (including phenoxy) is 2. The maximum absolute atomic E-state index is 5.89. The predicted molar refractivity (Wildman–Crippen MR) is 136 cm³/mol. The summed E-state index contributed by atoms with van der Waals surface area (Å²) in [5.41, 5.74) is 3.15. The van der Waals surface area contributed by atoms with Gasteiger partial charge in [0, 0.05) is 37.0 Å². The van der Waals surface area contributed by atoms with Crippen molar-refractivity contribution in [2.45, 2.75) is 39.3 Å². The fourth-order valence-electron chi connectivity index (χ4n) is 4.41. The number of methoxy groups -OCH3 is 1. The zero-order valence-electron chi connectivity index (χ0n) is 20.8. The van der Waals surface area contributed by atoms with Crippen LogP contribution in [-0.2, 0) is 13.6 Å². The fraction of sp³-hybridized carbons (Fsp3) is 0.370. The Morgan fingerprint density at radius 1 is 0.914 bits per heavy atom. The highest BCUT2D eigenvalue weighted by molar-refractivity contribution is 5.66. The van der Waals surface area contributed by atoms with Gasteiger partial charge in [-0.1, -0.05) is 24.3 Å². The van der Waals surface area contributed by atoms with Crippen LogP contribution in [0, 0.1) is 0 Å². The monoisotopic (exact) mass is 472 g/mol. The predicted octanol–water partition coefficient (Wildman–Crippen LogP) is 4.73. The van der Waals surface area contributed by atoms with Gasteiger partial charge in [-0.3, -0.25) is 9.58 Å². The number of rotatable bonds is 8. The molecule has 0 radical (unpaired) electrons. The second-order valence-corrected chi connectivity index (χ2v) is 9.23. The Morgan fingerprint density at radius 3 is 2.31 bits per heavy atom. The van der Waals surface area contributed by atoms with E-state index >= 15 is 0 Å². The maximum Gasteiger partial charge on any atom is 0.182 e. The fourth-order valence-corrected chi connectivity index (χ4v) is 4.41. The lowest BCUT2D eigenvalue weighted by Gasteiger charge is -2.14. The summed E-state index contributed by atoms with van der Waals surface area (Å²) in [6, 6.07) is 16.3. The van der Waals surface area contributed by atoms with Gasteiger partial charge < -0.3 is 9.47 Å². The average molecular weight is 473 g/mol. The molecular weight excluding hydrogens is 440 g/mol. The van der Waals surface area contributed by atoms with Gasteiger partial charge in [0.2, 0.25) is 0 Å². The number of hydrogen-bond donors (Lipinski definition) is 0. The third-order valence-corrected chi connectivity index (χ3v) is 6.13. The van der Waals surface area contributed by atoms with Gasteiger partial charge in [-0.2, -0.15) is 9.78 Å². The molecule has 4 aromatic rings. The second kappa shape index (κ2) is 9.92. The van der Waals surface area contributed by atoms with Crippen molar-refractivity contribution in [1.82, 2.24) is 29.4 Å². The van der Waals surface area contributed by atoms with E-state index in [4.69, 9.17) is 19.6 Å². The van der Waals surface area contributed by atoms with Gasteiger partial charge in [-0.25, -0.2) is 4.98 Å². The Hall–Kier alpha value is -3.65. The minimum atomic E-state index is 0.0481. The summed E-state index contributed by atoms with van der Waals surface area (Å²) in [4.78, 5) is 7.43. The van der Waals surface area contributed by atoms with Crippen molar-refractivity contribution in [3.63, 3.8) is 0 Å². The van der Waals surface area contributed by atoms with E-state index in [2.05, 4.69) is 34.3 Å². The first-order valence-corrected chi connectivity index (χ1v) is 12.1. The highest BCUT2D eigenvalue weighted by Gasteiger charge is 2.19. The smallest absolute Gasteiger partial charge is 0.182 e. The summed E-state index contributed by atoms with van der Waals surface area (Å²) in [5.74, 6) is 3.39. The van der Waals surface area contributed by atoms with Crippen molar-refractivity contribution in [2.24, 2.45) is 7.05 Å². The van der Waals surface area contributed by atoms with E-state index in [0.29, 0.717) is 29.0 Å². The minimum absolute atomic E-state index is 0.0481. The normalized spacial score (nSPS) is 14.1. The molecule has 0 saturated carbocycles. The molecule has 0 spiro atoms. The molecule has 8 nitrogen and oxygen atoms in total. The van der Waals surface area contributed by atoms with E-state index in [1.165, 1.54) is 31.5 Å². The molecule has 0 aliphatic carbocycles. The maximum atomic E-state index is 5.89. The molecule has 1 saturated heterocycles. The Labute approximate surface area is 206 Å². The average Bonchev–Trinajstić information content (AvgIpc) is 3.61. The van der Waals surface area contributed by atoms with Crippen LogP contribution in [0.5, 0.6) is 11.5 Å². The molecule has 0 atom stereocenters. The van der Waals surface area contributed by atoms with Gasteiger partial charge in [-0.05, 0) is 63.5 Å². The lowest BCUT2D eigenvalue weighted by molar-refractivity contribution is 0.230. The molecule has 182 valence electrons. The number of likely N-dealkylation sites (tertiary alicyclic amines) is 1. The third kappa shape index (κ3) is 5.07. The van der Waals surface area contributed by atoms with E-state index in [-0.39, 0.29) is 6.10 Å². The summed E-state index contributed by atoms with van der Waals surface area (Å²) >= 11 is 0. The minimum Gasteiger partial charge on any atom is -0.493 e. The molecule has 3 heterocycles. The Balaban J connectivity index is 1.51. The van der Waals surface area contributed by atoms with E-state index in [9.17, 15) is 0 Å². The molecule has 2 aromatic carbocycles. The van der Waals surface area contributed by atoms with Crippen LogP contribution >= 0.6 is 0 Å². The summed E-state index contributed by atoms with van der Waals surface area (Å²) < 4.78 is 15.0. The van der Waals surface area contributed by atoms with Gasteiger partial charge in [0.25, 0.3) is 0 Å². The van der Waals surface area contributed by atoms with E-state index in [1.807, 2.05) is 51.4 Å². The van der Waals surface area contributed by atoms with Crippen LogP contribution in [0.3, 0.4) is 0 Å². The highest BCUT2D eigenvalue weighted by atomic mass is 16.5. The topological polar surface area (TPSA) is 70.2 Å². The zero-order chi connectivity index (χ0) is 24.4. The number of aromatic nitrogens is 5. The van der Waals surface area contributed by atoms with Crippen LogP contribution < -0.4 is 9.47 Å². The van der Waals surface area contributed by atoms with Gasteiger partial charge in [0.1, 0.15) is 0 Å². The van der Waals surface area contributed by atoms with Gasteiger partial charge in [0.05, 0.1) is 13.2 Å². The lowest BCUT2D eigenvalue weighted by atomic mass is 10.1. The Kier molecular flexibility index (Phi) is 6.55. The quantitative estimate of drug-likeness (QED) is 0.369. The zero-order valence-corrected chi connectivity index (χ0v) is 20.8. The van der Waals surface area contributed by atoms with Gasteiger partial charge in [-0.15, -0.1) is 5.10 Å². The van der Waals surface area contributed by atoms with Crippen LogP contribution in [0.15, 0.2) is 54.7 Å². The molecule has 1 fully saturated rings. The largest absolute Gasteiger partial charge is 0.493 e. The van der Waals surface area contributed by atoms with Crippen molar-refractivity contribution < 1.29 is 9.47 Å². The molecule has 1 aliphatic heterocycles. The Bertz CT molecular complexity index is 1290. The van der Waals surface area contributed by atoms with Crippen molar-refractivity contribution in [1.29, 1.82) is 0 Å². The summed E-state index contributed by atoms with van der Waals surface area (Å²) in [6.45, 7) is 7.35. The van der Waals surface area contributed by atoms with E-state index in [1.54, 1.807) is 16.5 Å². The molecule has 0 unspecified atom stereocenters. The number of nitrogens with zero attached hydrogens (tertiary/aromatic N) is 6. The van der Waals surface area contributed by atoms with E-state index < -0.39 is 0 Å².